The Bertz CT molecular complexity index is 1400. The van der Waals surface area contributed by atoms with Crippen molar-refractivity contribution in [2.75, 3.05) is 0 Å². The van der Waals surface area contributed by atoms with Gasteiger partial charge in [0.2, 0.25) is 0 Å². The highest BCUT2D eigenvalue weighted by Gasteiger charge is 2.29. The topological polar surface area (TPSA) is 31.6 Å². The molecule has 4 heteroatoms. The largest absolute Gasteiger partial charge is 0.358 e. The second-order valence-corrected chi connectivity index (χ2v) is 9.63. The smallest absolute Gasteiger partial charge is 0.0595 e. The summed E-state index contributed by atoms with van der Waals surface area (Å²) in [6.45, 7) is 8.82. The Morgan fingerprint density at radius 1 is 0.697 bits per heavy atom. The molecule has 0 unspecified atom stereocenters. The number of hydrogen-bond donors (Lipinski definition) is 2. The number of aromatic nitrogens is 2. The highest BCUT2D eigenvalue weighted by atomic mass is 35.5. The van der Waals surface area contributed by atoms with E-state index >= 15 is 0 Å². The van der Waals surface area contributed by atoms with Crippen LogP contribution >= 0.6 is 23.2 Å². The van der Waals surface area contributed by atoms with Crippen molar-refractivity contribution >= 4 is 45.0 Å². The fraction of sp³-hybridized carbons (Fsp3) is 0.241. The minimum atomic E-state index is 0.0164. The second kappa shape index (κ2) is 8.59. The summed E-state index contributed by atoms with van der Waals surface area (Å²) in [7, 11) is 0. The molecule has 0 aliphatic heterocycles. The third kappa shape index (κ3) is 3.57. The number of hydrogen-bond acceptors (Lipinski definition) is 0. The summed E-state index contributed by atoms with van der Waals surface area (Å²) in [5.41, 5.74) is 11.2. The quantitative estimate of drug-likeness (QED) is 0.254. The minimum Gasteiger partial charge on any atom is -0.358 e. The Balaban J connectivity index is 1.93. The molecular weight excluding hydrogens is 447 g/mol. The van der Waals surface area contributed by atoms with E-state index in [1.54, 1.807) is 0 Å². The number of halogens is 2. The molecule has 0 bridgehead atoms. The zero-order valence-electron chi connectivity index (χ0n) is 19.4. The lowest BCUT2D eigenvalue weighted by molar-refractivity contribution is 0.957. The molecule has 5 aromatic rings. The van der Waals surface area contributed by atoms with Gasteiger partial charge in [0.15, 0.2) is 0 Å². The minimum absolute atomic E-state index is 0.0164. The molecule has 2 heterocycles. The normalized spacial score (nSPS) is 11.8. The summed E-state index contributed by atoms with van der Waals surface area (Å²) >= 11 is 12.9. The van der Waals surface area contributed by atoms with Crippen LogP contribution in [0.1, 0.15) is 59.0 Å². The standard InChI is InChI=1S/C29H28Cl2N2/c1-5-18-9-7-11-23-27(18)25(16(3)32-23)29(20-13-14-21(30)22(31)15-20)26-17(4)33-24-12-8-10-19(6-2)28(24)26/h7-15,29,32-33H,5-6H2,1-4H3. The van der Waals surface area contributed by atoms with E-state index in [1.807, 2.05) is 12.1 Å². The molecule has 2 nitrogen and oxygen atoms in total. The predicted molar refractivity (Wildman–Crippen MR) is 142 cm³/mol. The van der Waals surface area contributed by atoms with E-state index in [-0.39, 0.29) is 5.92 Å². The van der Waals surface area contributed by atoms with E-state index in [9.17, 15) is 0 Å². The van der Waals surface area contributed by atoms with Gasteiger partial charge in [-0.1, -0.05) is 67.4 Å². The highest BCUT2D eigenvalue weighted by molar-refractivity contribution is 6.42. The first kappa shape index (κ1) is 22.1. The van der Waals surface area contributed by atoms with E-state index in [4.69, 9.17) is 23.2 Å². The SMILES string of the molecule is CCc1cccc2[nH]c(C)c(C(c3ccc(Cl)c(Cl)c3)c3c(C)[nH]c4cccc(CC)c34)c12. The molecule has 0 amide bonds. The molecule has 0 atom stereocenters. The number of H-pyrrole nitrogens is 2. The maximum Gasteiger partial charge on any atom is 0.0595 e. The lowest BCUT2D eigenvalue weighted by atomic mass is 9.80. The molecule has 0 aliphatic carbocycles. The lowest BCUT2D eigenvalue weighted by Gasteiger charge is -2.22. The average molecular weight is 475 g/mol. The van der Waals surface area contributed by atoms with Gasteiger partial charge in [-0.05, 0) is 78.8 Å². The van der Waals surface area contributed by atoms with Gasteiger partial charge >= 0.3 is 0 Å². The molecule has 33 heavy (non-hydrogen) atoms. The Kier molecular flexibility index (Phi) is 5.76. The zero-order valence-corrected chi connectivity index (χ0v) is 21.0. The van der Waals surface area contributed by atoms with Crippen molar-refractivity contribution in [1.82, 2.24) is 9.97 Å². The molecule has 0 spiro atoms. The Morgan fingerprint density at radius 3 is 1.67 bits per heavy atom. The van der Waals surface area contributed by atoms with Crippen molar-refractivity contribution in [2.45, 2.75) is 46.5 Å². The Hall–Kier alpha value is -2.68. The van der Waals surface area contributed by atoms with Crippen molar-refractivity contribution in [3.05, 3.63) is 104 Å². The summed E-state index contributed by atoms with van der Waals surface area (Å²) in [6.07, 6.45) is 1.95. The fourth-order valence-electron chi connectivity index (χ4n) is 5.44. The first-order valence-corrected chi connectivity index (χ1v) is 12.3. The molecule has 0 fully saturated rings. The average Bonchev–Trinajstić information content (AvgIpc) is 3.32. The van der Waals surface area contributed by atoms with Gasteiger partial charge in [-0.3, -0.25) is 0 Å². The molecule has 3 aromatic carbocycles. The van der Waals surface area contributed by atoms with Crippen molar-refractivity contribution in [2.24, 2.45) is 0 Å². The van der Waals surface area contributed by atoms with Crippen LogP contribution in [0.15, 0.2) is 54.6 Å². The molecule has 5 rings (SSSR count). The van der Waals surface area contributed by atoms with Crippen molar-refractivity contribution in [1.29, 1.82) is 0 Å². The Labute approximate surface area is 204 Å². The fourth-order valence-corrected chi connectivity index (χ4v) is 5.75. The number of rotatable bonds is 5. The summed E-state index contributed by atoms with van der Waals surface area (Å²) in [5.74, 6) is 0.0164. The van der Waals surface area contributed by atoms with Crippen LogP contribution in [0.25, 0.3) is 21.8 Å². The van der Waals surface area contributed by atoms with E-state index in [0.717, 1.165) is 18.4 Å². The van der Waals surface area contributed by atoms with Crippen molar-refractivity contribution in [3.8, 4) is 0 Å². The van der Waals surface area contributed by atoms with Crippen LogP contribution in [0, 0.1) is 13.8 Å². The van der Waals surface area contributed by atoms with Gasteiger partial charge in [-0.2, -0.15) is 0 Å². The van der Waals surface area contributed by atoms with Crippen LogP contribution in [0.3, 0.4) is 0 Å². The van der Waals surface area contributed by atoms with Crippen molar-refractivity contribution < 1.29 is 0 Å². The van der Waals surface area contributed by atoms with Crippen LogP contribution in [-0.4, -0.2) is 9.97 Å². The van der Waals surface area contributed by atoms with Gasteiger partial charge in [0.25, 0.3) is 0 Å². The lowest BCUT2D eigenvalue weighted by Crippen LogP contribution is -2.07. The van der Waals surface area contributed by atoms with Crippen LogP contribution < -0.4 is 0 Å². The molecule has 168 valence electrons. The summed E-state index contributed by atoms with van der Waals surface area (Å²) in [6, 6.07) is 19.2. The van der Waals surface area contributed by atoms with E-state index in [0.29, 0.717) is 10.0 Å². The summed E-state index contributed by atoms with van der Waals surface area (Å²) in [4.78, 5) is 7.33. The number of aromatic amines is 2. The summed E-state index contributed by atoms with van der Waals surface area (Å²) in [5, 5.41) is 3.79. The van der Waals surface area contributed by atoms with E-state index in [1.165, 1.54) is 55.4 Å². The van der Waals surface area contributed by atoms with Gasteiger partial charge in [0, 0.05) is 39.1 Å². The molecule has 0 aliphatic rings. The second-order valence-electron chi connectivity index (χ2n) is 8.82. The van der Waals surface area contributed by atoms with Gasteiger partial charge in [-0.25, -0.2) is 0 Å². The molecule has 2 aromatic heterocycles. The van der Waals surface area contributed by atoms with Gasteiger partial charge in [0.05, 0.1) is 10.0 Å². The zero-order chi connectivity index (χ0) is 23.3. The van der Waals surface area contributed by atoms with Gasteiger partial charge in [-0.15, -0.1) is 0 Å². The van der Waals surface area contributed by atoms with E-state index in [2.05, 4.69) is 80.1 Å². The maximum absolute atomic E-state index is 6.57. The molecule has 2 N–H and O–H groups in total. The Morgan fingerprint density at radius 2 is 1.21 bits per heavy atom. The van der Waals surface area contributed by atoms with Gasteiger partial charge < -0.3 is 9.97 Å². The maximum atomic E-state index is 6.57. The van der Waals surface area contributed by atoms with Gasteiger partial charge in [0.1, 0.15) is 0 Å². The number of aryl methyl sites for hydroxylation is 4. The van der Waals surface area contributed by atoms with Crippen molar-refractivity contribution in [3.63, 3.8) is 0 Å². The third-order valence-electron chi connectivity index (χ3n) is 6.91. The van der Waals surface area contributed by atoms with Crippen LogP contribution in [0.4, 0.5) is 0 Å². The highest BCUT2D eigenvalue weighted by Crippen LogP contribution is 2.45. The third-order valence-corrected chi connectivity index (χ3v) is 7.65. The predicted octanol–water partition coefficient (Wildman–Crippen LogP) is 8.88. The number of nitrogens with one attached hydrogen (secondary N) is 2. The van der Waals surface area contributed by atoms with Crippen LogP contribution in [0.5, 0.6) is 0 Å². The number of fused-ring (bicyclic) bond motifs is 2. The molecule has 0 saturated heterocycles. The molecule has 0 radical (unpaired) electrons. The van der Waals surface area contributed by atoms with Crippen LogP contribution in [-0.2, 0) is 12.8 Å². The van der Waals surface area contributed by atoms with E-state index < -0.39 is 0 Å². The molecular formula is C29H28Cl2N2. The monoisotopic (exact) mass is 474 g/mol. The first-order valence-electron chi connectivity index (χ1n) is 11.6. The number of benzene rings is 3. The first-order chi connectivity index (χ1) is 15.9. The molecule has 0 saturated carbocycles. The van der Waals surface area contributed by atoms with Crippen LogP contribution in [0.2, 0.25) is 10.0 Å². The summed E-state index contributed by atoms with van der Waals surface area (Å²) < 4.78 is 0.